The molecule has 0 radical (unpaired) electrons. The Morgan fingerprint density at radius 1 is 0.486 bits per heavy atom. The fourth-order valence-electron chi connectivity index (χ4n) is 4.74. The van der Waals surface area contributed by atoms with E-state index in [2.05, 4.69) is 91.0 Å². The maximum Gasteiger partial charge on any atom is 0.231 e. The summed E-state index contributed by atoms with van der Waals surface area (Å²) in [6, 6.07) is 41.6. The number of nitrogens with zero attached hydrogens (tertiary/aromatic N) is 2. The maximum atomic E-state index is 6.33. The van der Waals surface area contributed by atoms with Crippen LogP contribution in [0.3, 0.4) is 0 Å². The van der Waals surface area contributed by atoms with E-state index >= 15 is 0 Å². The highest BCUT2D eigenvalue weighted by Gasteiger charge is 2.18. The Morgan fingerprint density at radius 3 is 1.77 bits per heavy atom. The van der Waals surface area contributed by atoms with Gasteiger partial charge in [-0.2, -0.15) is 4.98 Å². The summed E-state index contributed by atoms with van der Waals surface area (Å²) >= 11 is 0. The number of aromatic nitrogens is 2. The van der Waals surface area contributed by atoms with Gasteiger partial charge in [-0.1, -0.05) is 109 Å². The molecule has 0 unspecified atom stereocenters. The van der Waals surface area contributed by atoms with Gasteiger partial charge in [0.15, 0.2) is 5.82 Å². The third-order valence-electron chi connectivity index (χ3n) is 6.50. The predicted molar refractivity (Wildman–Crippen MR) is 143 cm³/mol. The van der Waals surface area contributed by atoms with Gasteiger partial charge < -0.3 is 4.42 Å². The number of benzene rings is 5. The van der Waals surface area contributed by atoms with Crippen LogP contribution in [-0.4, -0.2) is 9.97 Å². The second-order valence-corrected chi connectivity index (χ2v) is 8.68. The fraction of sp³-hybridized carbons (Fsp3) is 0. The second-order valence-electron chi connectivity index (χ2n) is 8.68. The van der Waals surface area contributed by atoms with Gasteiger partial charge in [0.1, 0.15) is 5.58 Å². The van der Waals surface area contributed by atoms with Crippen molar-refractivity contribution in [1.82, 2.24) is 9.97 Å². The molecule has 7 rings (SSSR count). The maximum absolute atomic E-state index is 6.33. The Labute approximate surface area is 202 Å². The summed E-state index contributed by atoms with van der Waals surface area (Å²) in [5, 5.41) is 4.29. The standard InChI is InChI=1S/C32H20N2O/c1-3-9-21(10-4-1)22-15-17-24(18-16-22)31-33-30(23-11-5-2-6-12-23)29-27-19-25-13-7-8-14-26(25)20-28(27)35-32(29)34-31/h1-20H. The minimum absolute atomic E-state index is 0.603. The van der Waals surface area contributed by atoms with Crippen molar-refractivity contribution in [3.05, 3.63) is 121 Å². The lowest BCUT2D eigenvalue weighted by molar-refractivity contribution is 0.654. The SMILES string of the molecule is c1ccc(-c2ccc(-c3nc(-c4ccccc4)c4c(n3)oc3cc5ccccc5cc34)cc2)cc1. The molecule has 7 aromatic rings. The van der Waals surface area contributed by atoms with Gasteiger partial charge in [0, 0.05) is 16.5 Å². The normalized spacial score (nSPS) is 11.4. The first kappa shape index (κ1) is 19.7. The average molecular weight is 449 g/mol. The zero-order valence-electron chi connectivity index (χ0n) is 18.8. The zero-order valence-corrected chi connectivity index (χ0v) is 18.8. The summed E-state index contributed by atoms with van der Waals surface area (Å²) in [5.41, 5.74) is 6.64. The largest absolute Gasteiger partial charge is 0.438 e. The van der Waals surface area contributed by atoms with Gasteiger partial charge in [0.25, 0.3) is 0 Å². The van der Waals surface area contributed by atoms with E-state index in [4.69, 9.17) is 14.4 Å². The molecule has 0 atom stereocenters. The molecule has 164 valence electrons. The number of hydrogen-bond acceptors (Lipinski definition) is 3. The van der Waals surface area contributed by atoms with Gasteiger partial charge in [0.2, 0.25) is 5.71 Å². The number of rotatable bonds is 3. The molecule has 3 nitrogen and oxygen atoms in total. The van der Waals surface area contributed by atoms with Crippen LogP contribution in [0.5, 0.6) is 0 Å². The summed E-state index contributed by atoms with van der Waals surface area (Å²) in [4.78, 5) is 9.96. The van der Waals surface area contributed by atoms with Crippen molar-refractivity contribution in [2.24, 2.45) is 0 Å². The Kier molecular flexibility index (Phi) is 4.46. The quantitative estimate of drug-likeness (QED) is 0.272. The highest BCUT2D eigenvalue weighted by molar-refractivity contribution is 6.14. The lowest BCUT2D eigenvalue weighted by atomic mass is 10.0. The summed E-state index contributed by atoms with van der Waals surface area (Å²) in [6.45, 7) is 0. The molecule has 0 aliphatic carbocycles. The van der Waals surface area contributed by atoms with Crippen molar-refractivity contribution in [2.45, 2.75) is 0 Å². The lowest BCUT2D eigenvalue weighted by Crippen LogP contribution is -1.94. The Balaban J connectivity index is 1.46. The van der Waals surface area contributed by atoms with Crippen LogP contribution >= 0.6 is 0 Å². The molecule has 2 heterocycles. The summed E-state index contributed by atoms with van der Waals surface area (Å²) in [7, 11) is 0. The van der Waals surface area contributed by atoms with Crippen molar-refractivity contribution in [3.8, 4) is 33.8 Å². The molecule has 2 aromatic heterocycles. The van der Waals surface area contributed by atoms with Crippen LogP contribution in [0.15, 0.2) is 126 Å². The van der Waals surface area contributed by atoms with Crippen LogP contribution in [0, 0.1) is 0 Å². The molecule has 35 heavy (non-hydrogen) atoms. The molecular weight excluding hydrogens is 428 g/mol. The van der Waals surface area contributed by atoms with Gasteiger partial charge >= 0.3 is 0 Å². The van der Waals surface area contributed by atoms with E-state index in [1.54, 1.807) is 0 Å². The molecule has 0 bridgehead atoms. The summed E-state index contributed by atoms with van der Waals surface area (Å²) in [5.74, 6) is 0.652. The van der Waals surface area contributed by atoms with Crippen molar-refractivity contribution >= 4 is 32.8 Å². The van der Waals surface area contributed by atoms with Crippen LogP contribution in [0.2, 0.25) is 0 Å². The molecule has 0 saturated carbocycles. The molecule has 0 N–H and O–H groups in total. The third kappa shape index (κ3) is 3.37. The topological polar surface area (TPSA) is 38.9 Å². The Hall–Kier alpha value is -4.76. The first-order valence-electron chi connectivity index (χ1n) is 11.7. The van der Waals surface area contributed by atoms with E-state index in [1.165, 1.54) is 10.9 Å². The number of fused-ring (bicyclic) bond motifs is 4. The molecule has 0 saturated heterocycles. The Morgan fingerprint density at radius 2 is 1.06 bits per heavy atom. The van der Waals surface area contributed by atoms with Crippen molar-refractivity contribution in [2.75, 3.05) is 0 Å². The molecule has 0 amide bonds. The van der Waals surface area contributed by atoms with Gasteiger partial charge in [-0.15, -0.1) is 0 Å². The highest BCUT2D eigenvalue weighted by atomic mass is 16.3. The van der Waals surface area contributed by atoms with Gasteiger partial charge in [0.05, 0.1) is 11.1 Å². The molecule has 3 heteroatoms. The van der Waals surface area contributed by atoms with E-state index in [-0.39, 0.29) is 0 Å². The minimum Gasteiger partial charge on any atom is -0.438 e. The molecule has 0 aliphatic rings. The first-order chi connectivity index (χ1) is 17.3. The van der Waals surface area contributed by atoms with Crippen molar-refractivity contribution in [1.29, 1.82) is 0 Å². The number of furan rings is 1. The van der Waals surface area contributed by atoms with E-state index in [0.717, 1.165) is 44.1 Å². The van der Waals surface area contributed by atoms with Crippen LogP contribution in [0.4, 0.5) is 0 Å². The lowest BCUT2D eigenvalue weighted by Gasteiger charge is -2.08. The average Bonchev–Trinajstić information content (AvgIpc) is 3.29. The van der Waals surface area contributed by atoms with Crippen molar-refractivity contribution < 1.29 is 4.42 Å². The molecule has 0 aliphatic heterocycles. The predicted octanol–water partition coefficient (Wildman–Crippen LogP) is 8.53. The van der Waals surface area contributed by atoms with E-state index in [9.17, 15) is 0 Å². The number of hydrogen-bond donors (Lipinski definition) is 0. The zero-order chi connectivity index (χ0) is 23.2. The van der Waals surface area contributed by atoms with E-state index in [1.807, 2.05) is 30.3 Å². The van der Waals surface area contributed by atoms with Crippen LogP contribution in [0.1, 0.15) is 0 Å². The third-order valence-corrected chi connectivity index (χ3v) is 6.50. The smallest absolute Gasteiger partial charge is 0.231 e. The van der Waals surface area contributed by atoms with Gasteiger partial charge in [-0.25, -0.2) is 4.98 Å². The van der Waals surface area contributed by atoms with E-state index < -0.39 is 0 Å². The highest BCUT2D eigenvalue weighted by Crippen LogP contribution is 2.38. The molecule has 0 spiro atoms. The van der Waals surface area contributed by atoms with Gasteiger partial charge in [-0.3, -0.25) is 0 Å². The second kappa shape index (κ2) is 7.93. The molecule has 0 fully saturated rings. The monoisotopic (exact) mass is 448 g/mol. The summed E-state index contributed by atoms with van der Waals surface area (Å²) < 4.78 is 6.33. The van der Waals surface area contributed by atoms with Crippen LogP contribution in [0.25, 0.3) is 66.6 Å². The van der Waals surface area contributed by atoms with Gasteiger partial charge in [-0.05, 0) is 34.0 Å². The Bertz CT molecular complexity index is 1820. The molecular formula is C32H20N2O. The van der Waals surface area contributed by atoms with E-state index in [0.29, 0.717) is 11.5 Å². The van der Waals surface area contributed by atoms with Crippen LogP contribution < -0.4 is 0 Å². The summed E-state index contributed by atoms with van der Waals surface area (Å²) in [6.07, 6.45) is 0. The molecule has 5 aromatic carbocycles. The minimum atomic E-state index is 0.603. The van der Waals surface area contributed by atoms with Crippen molar-refractivity contribution in [3.63, 3.8) is 0 Å². The first-order valence-corrected chi connectivity index (χ1v) is 11.7. The fourth-order valence-corrected chi connectivity index (χ4v) is 4.74. The van der Waals surface area contributed by atoms with Crippen LogP contribution in [-0.2, 0) is 0 Å².